The number of benzene rings is 4. The van der Waals surface area contributed by atoms with Crippen molar-refractivity contribution in [3.05, 3.63) is 121 Å². The SMILES string of the molecule is C/C=C(\C)N(c1ccc(-c2ccccc2)cc1)c1ccccc1-c1ccccc1. The van der Waals surface area contributed by atoms with Gasteiger partial charge in [-0.1, -0.05) is 97.1 Å². The highest BCUT2D eigenvalue weighted by Crippen LogP contribution is 2.38. The van der Waals surface area contributed by atoms with Gasteiger partial charge in [0.15, 0.2) is 0 Å². The van der Waals surface area contributed by atoms with E-state index in [0.717, 1.165) is 5.69 Å². The molecular formula is C28H25N. The summed E-state index contributed by atoms with van der Waals surface area (Å²) in [4.78, 5) is 2.33. The Balaban J connectivity index is 1.80. The molecule has 4 rings (SSSR count). The fourth-order valence-corrected chi connectivity index (χ4v) is 3.63. The van der Waals surface area contributed by atoms with E-state index in [2.05, 4.69) is 134 Å². The van der Waals surface area contributed by atoms with E-state index < -0.39 is 0 Å². The monoisotopic (exact) mass is 375 g/mol. The number of allylic oxidation sites excluding steroid dienone is 2. The van der Waals surface area contributed by atoms with Crippen LogP contribution in [-0.4, -0.2) is 0 Å². The molecule has 0 aliphatic carbocycles. The third-order valence-corrected chi connectivity index (χ3v) is 5.23. The molecule has 29 heavy (non-hydrogen) atoms. The van der Waals surface area contributed by atoms with Crippen LogP contribution in [0.1, 0.15) is 13.8 Å². The summed E-state index contributed by atoms with van der Waals surface area (Å²) in [5, 5.41) is 0. The van der Waals surface area contributed by atoms with Gasteiger partial charge in [0.1, 0.15) is 0 Å². The second-order valence-corrected chi connectivity index (χ2v) is 7.06. The van der Waals surface area contributed by atoms with Gasteiger partial charge in [0.2, 0.25) is 0 Å². The Morgan fingerprint density at radius 1 is 0.586 bits per heavy atom. The van der Waals surface area contributed by atoms with Crippen LogP contribution in [0.5, 0.6) is 0 Å². The van der Waals surface area contributed by atoms with Crippen LogP contribution in [0.15, 0.2) is 121 Å². The molecule has 0 aliphatic rings. The summed E-state index contributed by atoms with van der Waals surface area (Å²) < 4.78 is 0. The van der Waals surface area contributed by atoms with E-state index in [1.165, 1.54) is 33.6 Å². The largest absolute Gasteiger partial charge is 0.314 e. The van der Waals surface area contributed by atoms with Gasteiger partial charge in [0, 0.05) is 16.9 Å². The van der Waals surface area contributed by atoms with Crippen molar-refractivity contribution in [1.82, 2.24) is 0 Å². The van der Waals surface area contributed by atoms with E-state index in [0.29, 0.717) is 0 Å². The van der Waals surface area contributed by atoms with Gasteiger partial charge < -0.3 is 4.90 Å². The van der Waals surface area contributed by atoms with Gasteiger partial charge in [0.25, 0.3) is 0 Å². The average Bonchev–Trinajstić information content (AvgIpc) is 2.81. The predicted octanol–water partition coefficient (Wildman–Crippen LogP) is 8.08. The maximum Gasteiger partial charge on any atom is 0.0536 e. The number of hydrogen-bond acceptors (Lipinski definition) is 1. The van der Waals surface area contributed by atoms with Crippen molar-refractivity contribution in [2.24, 2.45) is 0 Å². The van der Waals surface area contributed by atoms with Crippen LogP contribution in [0, 0.1) is 0 Å². The molecule has 0 amide bonds. The molecule has 0 N–H and O–H groups in total. The normalized spacial score (nSPS) is 11.3. The molecule has 0 bridgehead atoms. The first-order valence-corrected chi connectivity index (χ1v) is 10.0. The molecule has 4 aromatic rings. The predicted molar refractivity (Wildman–Crippen MR) is 125 cm³/mol. The van der Waals surface area contributed by atoms with Crippen molar-refractivity contribution in [2.45, 2.75) is 13.8 Å². The smallest absolute Gasteiger partial charge is 0.0536 e. The molecule has 0 unspecified atom stereocenters. The first kappa shape index (κ1) is 18.8. The van der Waals surface area contributed by atoms with Gasteiger partial charge in [0.05, 0.1) is 5.69 Å². The van der Waals surface area contributed by atoms with Gasteiger partial charge in [-0.05, 0) is 48.7 Å². The molecule has 1 nitrogen and oxygen atoms in total. The minimum absolute atomic E-state index is 1.16. The molecule has 0 fully saturated rings. The first-order valence-electron chi connectivity index (χ1n) is 10.0. The molecule has 0 aromatic heterocycles. The summed E-state index contributed by atoms with van der Waals surface area (Å²) in [6, 6.07) is 38.5. The Morgan fingerprint density at radius 2 is 1.10 bits per heavy atom. The lowest BCUT2D eigenvalue weighted by Gasteiger charge is -2.28. The molecule has 142 valence electrons. The second kappa shape index (κ2) is 8.62. The Hall–Kier alpha value is -3.58. The maximum atomic E-state index is 2.33. The molecule has 0 saturated carbocycles. The molecular weight excluding hydrogens is 350 g/mol. The topological polar surface area (TPSA) is 3.24 Å². The molecule has 4 aromatic carbocycles. The minimum atomic E-state index is 1.16. The summed E-state index contributed by atoms with van der Waals surface area (Å²) in [6.45, 7) is 4.25. The summed E-state index contributed by atoms with van der Waals surface area (Å²) in [5.41, 5.74) is 8.44. The first-order chi connectivity index (χ1) is 14.3. The van der Waals surface area contributed by atoms with Crippen LogP contribution < -0.4 is 4.90 Å². The van der Waals surface area contributed by atoms with Crippen LogP contribution >= 0.6 is 0 Å². The third kappa shape index (κ3) is 4.00. The van der Waals surface area contributed by atoms with E-state index in [1.54, 1.807) is 0 Å². The lowest BCUT2D eigenvalue weighted by Crippen LogP contribution is -2.15. The van der Waals surface area contributed by atoms with E-state index in [4.69, 9.17) is 0 Å². The summed E-state index contributed by atoms with van der Waals surface area (Å²) in [7, 11) is 0. The van der Waals surface area contributed by atoms with Gasteiger partial charge in [-0.2, -0.15) is 0 Å². The van der Waals surface area contributed by atoms with Gasteiger partial charge in [-0.3, -0.25) is 0 Å². The molecule has 0 heterocycles. The fraction of sp³-hybridized carbons (Fsp3) is 0.0714. The van der Waals surface area contributed by atoms with Crippen LogP contribution in [0.2, 0.25) is 0 Å². The molecule has 1 heteroatoms. The summed E-state index contributed by atoms with van der Waals surface area (Å²) >= 11 is 0. The van der Waals surface area contributed by atoms with Crippen molar-refractivity contribution in [3.8, 4) is 22.3 Å². The highest BCUT2D eigenvalue weighted by Gasteiger charge is 2.16. The number of hydrogen-bond donors (Lipinski definition) is 0. The van der Waals surface area contributed by atoms with Gasteiger partial charge in [-0.15, -0.1) is 0 Å². The zero-order valence-corrected chi connectivity index (χ0v) is 16.9. The Kier molecular flexibility index (Phi) is 5.58. The Bertz CT molecular complexity index is 1090. The third-order valence-electron chi connectivity index (χ3n) is 5.23. The Labute approximate surface area is 173 Å². The zero-order chi connectivity index (χ0) is 20.1. The zero-order valence-electron chi connectivity index (χ0n) is 16.9. The lowest BCUT2D eigenvalue weighted by atomic mass is 10.0. The minimum Gasteiger partial charge on any atom is -0.314 e. The fourth-order valence-electron chi connectivity index (χ4n) is 3.63. The second-order valence-electron chi connectivity index (χ2n) is 7.06. The van der Waals surface area contributed by atoms with Crippen molar-refractivity contribution in [3.63, 3.8) is 0 Å². The van der Waals surface area contributed by atoms with E-state index in [-0.39, 0.29) is 0 Å². The quantitative estimate of drug-likeness (QED) is 0.341. The van der Waals surface area contributed by atoms with E-state index in [1.807, 2.05) is 0 Å². The molecule has 0 spiro atoms. The number of rotatable bonds is 5. The standard InChI is InChI=1S/C28H25N/c1-3-22(2)29(26-20-18-24(19-21-26)23-12-6-4-7-13-23)28-17-11-10-16-27(28)25-14-8-5-9-15-25/h3-21H,1-2H3/b22-3+. The molecule has 0 atom stereocenters. The number of anilines is 2. The van der Waals surface area contributed by atoms with Crippen LogP contribution in [-0.2, 0) is 0 Å². The van der Waals surface area contributed by atoms with Crippen molar-refractivity contribution in [1.29, 1.82) is 0 Å². The van der Waals surface area contributed by atoms with Crippen molar-refractivity contribution in [2.75, 3.05) is 4.90 Å². The van der Waals surface area contributed by atoms with Crippen molar-refractivity contribution < 1.29 is 0 Å². The maximum absolute atomic E-state index is 2.33. The molecule has 0 saturated heterocycles. The number of para-hydroxylation sites is 1. The lowest BCUT2D eigenvalue weighted by molar-refractivity contribution is 1.15. The summed E-state index contributed by atoms with van der Waals surface area (Å²) in [6.07, 6.45) is 2.16. The van der Waals surface area contributed by atoms with Crippen LogP contribution in [0.25, 0.3) is 22.3 Å². The van der Waals surface area contributed by atoms with Gasteiger partial charge >= 0.3 is 0 Å². The Morgan fingerprint density at radius 3 is 1.72 bits per heavy atom. The van der Waals surface area contributed by atoms with Gasteiger partial charge in [-0.25, -0.2) is 0 Å². The van der Waals surface area contributed by atoms with Crippen molar-refractivity contribution >= 4 is 11.4 Å². The van der Waals surface area contributed by atoms with Crippen LogP contribution in [0.4, 0.5) is 11.4 Å². The molecule has 0 radical (unpaired) electrons. The average molecular weight is 376 g/mol. The molecule has 0 aliphatic heterocycles. The summed E-state index contributed by atoms with van der Waals surface area (Å²) in [5.74, 6) is 0. The highest BCUT2D eigenvalue weighted by molar-refractivity contribution is 5.84. The van der Waals surface area contributed by atoms with E-state index >= 15 is 0 Å². The number of nitrogens with zero attached hydrogens (tertiary/aromatic N) is 1. The van der Waals surface area contributed by atoms with E-state index in [9.17, 15) is 0 Å². The van der Waals surface area contributed by atoms with Crippen LogP contribution in [0.3, 0.4) is 0 Å². The highest BCUT2D eigenvalue weighted by atomic mass is 15.1.